The van der Waals surface area contributed by atoms with E-state index in [-0.39, 0.29) is 18.3 Å². The summed E-state index contributed by atoms with van der Waals surface area (Å²) < 4.78 is 5.82. The SMILES string of the molecule is Cc1cc(OCC(=O)CCCc2ccccc2)cc(C)c1Cc1ccc(O)c(C(C)C)c1. The zero-order valence-electron chi connectivity index (χ0n) is 19.7. The van der Waals surface area contributed by atoms with E-state index in [4.69, 9.17) is 4.74 Å². The van der Waals surface area contributed by atoms with Crippen LogP contribution >= 0.6 is 0 Å². The third-order valence-electron chi connectivity index (χ3n) is 5.93. The van der Waals surface area contributed by atoms with Gasteiger partial charge >= 0.3 is 0 Å². The Hall–Kier alpha value is -3.07. The minimum atomic E-state index is 0.114. The van der Waals surface area contributed by atoms with Gasteiger partial charge in [0.15, 0.2) is 5.78 Å². The van der Waals surface area contributed by atoms with Crippen LogP contribution in [0, 0.1) is 13.8 Å². The summed E-state index contributed by atoms with van der Waals surface area (Å²) in [6.07, 6.45) is 3.09. The van der Waals surface area contributed by atoms with E-state index >= 15 is 0 Å². The van der Waals surface area contributed by atoms with Crippen LogP contribution in [0.15, 0.2) is 60.7 Å². The summed E-state index contributed by atoms with van der Waals surface area (Å²) in [5, 5.41) is 10.1. The molecule has 3 heteroatoms. The van der Waals surface area contributed by atoms with Crippen LogP contribution in [-0.2, 0) is 17.6 Å². The van der Waals surface area contributed by atoms with Gasteiger partial charge in [-0.3, -0.25) is 4.79 Å². The molecule has 0 heterocycles. The van der Waals surface area contributed by atoms with Crippen LogP contribution in [-0.4, -0.2) is 17.5 Å². The molecule has 3 rings (SSSR count). The van der Waals surface area contributed by atoms with Crippen LogP contribution < -0.4 is 4.74 Å². The van der Waals surface area contributed by atoms with Gasteiger partial charge in [-0.2, -0.15) is 0 Å². The van der Waals surface area contributed by atoms with Gasteiger partial charge in [-0.1, -0.05) is 56.3 Å². The van der Waals surface area contributed by atoms with Crippen LogP contribution in [0.1, 0.15) is 66.0 Å². The highest BCUT2D eigenvalue weighted by molar-refractivity contribution is 5.79. The largest absolute Gasteiger partial charge is 0.508 e. The van der Waals surface area contributed by atoms with Gasteiger partial charge < -0.3 is 9.84 Å². The first kappa shape index (κ1) is 23.6. The number of hydrogen-bond donors (Lipinski definition) is 1. The maximum absolute atomic E-state index is 12.3. The number of benzene rings is 3. The molecule has 0 radical (unpaired) electrons. The number of phenols is 1. The van der Waals surface area contributed by atoms with Crippen LogP contribution in [0.4, 0.5) is 0 Å². The standard InChI is InChI=1S/C29H34O3/c1-20(2)27-17-24(13-14-29(27)31)18-28-21(3)15-26(16-22(28)4)32-19-25(30)12-8-11-23-9-6-5-7-10-23/h5-7,9-10,13-17,20,31H,8,11-12,18-19H2,1-4H3. The lowest BCUT2D eigenvalue weighted by atomic mass is 9.93. The molecule has 0 spiro atoms. The van der Waals surface area contributed by atoms with Gasteiger partial charge in [0.1, 0.15) is 18.1 Å². The second kappa shape index (κ2) is 11.0. The summed E-state index contributed by atoms with van der Waals surface area (Å²) in [6.45, 7) is 8.46. The summed E-state index contributed by atoms with van der Waals surface area (Å²) in [5.74, 6) is 1.51. The van der Waals surface area contributed by atoms with Gasteiger partial charge in [0.25, 0.3) is 0 Å². The van der Waals surface area contributed by atoms with Gasteiger partial charge in [0, 0.05) is 6.42 Å². The fourth-order valence-electron chi connectivity index (χ4n) is 4.07. The Kier molecular flexibility index (Phi) is 8.10. The van der Waals surface area contributed by atoms with Crippen molar-refractivity contribution in [1.29, 1.82) is 0 Å². The van der Waals surface area contributed by atoms with E-state index in [1.165, 1.54) is 16.7 Å². The Morgan fingerprint density at radius 3 is 2.28 bits per heavy atom. The summed E-state index contributed by atoms with van der Waals surface area (Å²) >= 11 is 0. The van der Waals surface area contributed by atoms with E-state index in [1.807, 2.05) is 36.4 Å². The average molecular weight is 431 g/mol. The smallest absolute Gasteiger partial charge is 0.170 e. The van der Waals surface area contributed by atoms with Crippen molar-refractivity contribution >= 4 is 5.78 Å². The number of hydrogen-bond acceptors (Lipinski definition) is 3. The monoisotopic (exact) mass is 430 g/mol. The Morgan fingerprint density at radius 1 is 0.938 bits per heavy atom. The van der Waals surface area contributed by atoms with Crippen molar-refractivity contribution in [3.05, 3.63) is 94.0 Å². The molecule has 3 aromatic carbocycles. The van der Waals surface area contributed by atoms with E-state index in [0.717, 1.165) is 41.7 Å². The number of ketones is 1. The van der Waals surface area contributed by atoms with Gasteiger partial charge in [0.05, 0.1) is 0 Å². The zero-order valence-corrected chi connectivity index (χ0v) is 19.7. The van der Waals surface area contributed by atoms with Crippen LogP contribution in [0.5, 0.6) is 11.5 Å². The van der Waals surface area contributed by atoms with Gasteiger partial charge in [-0.05, 0) is 90.6 Å². The minimum absolute atomic E-state index is 0.114. The zero-order chi connectivity index (χ0) is 23.1. The third kappa shape index (κ3) is 6.46. The number of rotatable bonds is 10. The average Bonchev–Trinajstić information content (AvgIpc) is 2.76. The predicted molar refractivity (Wildman–Crippen MR) is 131 cm³/mol. The normalized spacial score (nSPS) is 11.0. The highest BCUT2D eigenvalue weighted by Crippen LogP contribution is 2.29. The molecule has 0 fully saturated rings. The number of carbonyl (C=O) groups is 1. The fourth-order valence-corrected chi connectivity index (χ4v) is 4.07. The van der Waals surface area contributed by atoms with E-state index in [0.29, 0.717) is 12.2 Å². The number of aryl methyl sites for hydroxylation is 3. The maximum atomic E-state index is 12.3. The molecule has 168 valence electrons. The molecule has 0 aliphatic rings. The molecule has 0 saturated heterocycles. The lowest BCUT2D eigenvalue weighted by Crippen LogP contribution is -2.12. The quantitative estimate of drug-likeness (QED) is 0.389. The molecule has 0 amide bonds. The van der Waals surface area contributed by atoms with Crippen molar-refractivity contribution in [3.63, 3.8) is 0 Å². The molecule has 0 unspecified atom stereocenters. The Morgan fingerprint density at radius 2 is 1.62 bits per heavy atom. The number of carbonyl (C=O) groups excluding carboxylic acids is 1. The van der Waals surface area contributed by atoms with E-state index in [2.05, 4.69) is 45.9 Å². The molecule has 3 aromatic rings. The van der Waals surface area contributed by atoms with E-state index < -0.39 is 0 Å². The van der Waals surface area contributed by atoms with Crippen molar-refractivity contribution in [1.82, 2.24) is 0 Å². The molecule has 0 aromatic heterocycles. The molecule has 0 saturated carbocycles. The van der Waals surface area contributed by atoms with E-state index in [9.17, 15) is 9.90 Å². The predicted octanol–water partition coefficient (Wildman–Crippen LogP) is 6.69. The minimum Gasteiger partial charge on any atom is -0.508 e. The van der Waals surface area contributed by atoms with Crippen LogP contribution in [0.3, 0.4) is 0 Å². The number of Topliss-reactive ketones (excluding diaryl/α,β-unsaturated/α-hetero) is 1. The Bertz CT molecular complexity index is 1030. The van der Waals surface area contributed by atoms with Crippen molar-refractivity contribution in [3.8, 4) is 11.5 Å². The molecule has 32 heavy (non-hydrogen) atoms. The van der Waals surface area contributed by atoms with Crippen molar-refractivity contribution in [2.75, 3.05) is 6.61 Å². The highest BCUT2D eigenvalue weighted by atomic mass is 16.5. The first-order chi connectivity index (χ1) is 15.3. The second-order valence-corrected chi connectivity index (χ2v) is 8.93. The maximum Gasteiger partial charge on any atom is 0.170 e. The van der Waals surface area contributed by atoms with Crippen molar-refractivity contribution in [2.45, 2.75) is 59.3 Å². The van der Waals surface area contributed by atoms with Crippen molar-refractivity contribution < 1.29 is 14.6 Å². The molecular weight excluding hydrogens is 396 g/mol. The van der Waals surface area contributed by atoms with Gasteiger partial charge in [-0.15, -0.1) is 0 Å². The summed E-state index contributed by atoms with van der Waals surface area (Å²) in [7, 11) is 0. The van der Waals surface area contributed by atoms with Gasteiger partial charge in [-0.25, -0.2) is 0 Å². The lowest BCUT2D eigenvalue weighted by molar-refractivity contribution is -0.121. The molecule has 0 aliphatic carbocycles. The Balaban J connectivity index is 1.57. The van der Waals surface area contributed by atoms with Crippen LogP contribution in [0.2, 0.25) is 0 Å². The summed E-state index contributed by atoms with van der Waals surface area (Å²) in [6, 6.07) is 20.1. The molecule has 0 aliphatic heterocycles. The number of phenolic OH excluding ortho intramolecular Hbond substituents is 1. The Labute approximate surface area is 192 Å². The lowest BCUT2D eigenvalue weighted by Gasteiger charge is -2.15. The first-order valence-corrected chi connectivity index (χ1v) is 11.4. The molecule has 1 N–H and O–H groups in total. The highest BCUT2D eigenvalue weighted by Gasteiger charge is 2.12. The van der Waals surface area contributed by atoms with E-state index in [1.54, 1.807) is 6.07 Å². The number of aromatic hydroxyl groups is 1. The van der Waals surface area contributed by atoms with Gasteiger partial charge in [0.2, 0.25) is 0 Å². The second-order valence-electron chi connectivity index (χ2n) is 8.93. The van der Waals surface area contributed by atoms with Crippen molar-refractivity contribution in [2.24, 2.45) is 0 Å². The van der Waals surface area contributed by atoms with Crippen LogP contribution in [0.25, 0.3) is 0 Å². The molecule has 0 atom stereocenters. The summed E-state index contributed by atoms with van der Waals surface area (Å²) in [4.78, 5) is 12.3. The number of ether oxygens (including phenoxy) is 1. The molecule has 3 nitrogen and oxygen atoms in total. The third-order valence-corrected chi connectivity index (χ3v) is 5.93. The fraction of sp³-hybridized carbons (Fsp3) is 0.345. The first-order valence-electron chi connectivity index (χ1n) is 11.4. The summed E-state index contributed by atoms with van der Waals surface area (Å²) in [5.41, 5.74) is 6.97. The molecular formula is C29H34O3. The topological polar surface area (TPSA) is 46.5 Å². The molecule has 0 bridgehead atoms.